The van der Waals surface area contributed by atoms with Crippen LogP contribution in [0.2, 0.25) is 0 Å². The fourth-order valence-corrected chi connectivity index (χ4v) is 9.28. The second kappa shape index (κ2) is 13.0. The molecule has 0 bridgehead atoms. The Hall–Kier alpha value is -7.16. The first kappa shape index (κ1) is 33.2. The standard InChI is InChI=1S/C55H40N2/c1-55(2)51-21-10-8-19-47(51)48-32-30-46(36-52(48)55)56(43-17-4-3-5-18-43)44-27-23-38(24-28-44)39-15-12-16-40(33-39)42-26-31-50-49-20-9-11-22-53(49)57(54(50)35-42)45-29-25-37-13-6-7-14-41(37)34-45/h3-36H,1-2H3. The van der Waals surface area contributed by atoms with Crippen molar-refractivity contribution in [3.63, 3.8) is 0 Å². The van der Waals surface area contributed by atoms with E-state index < -0.39 is 0 Å². The van der Waals surface area contributed by atoms with Crippen molar-refractivity contribution in [2.75, 3.05) is 4.90 Å². The van der Waals surface area contributed by atoms with Crippen LogP contribution in [0.25, 0.3) is 71.6 Å². The van der Waals surface area contributed by atoms with Crippen molar-refractivity contribution in [1.82, 2.24) is 4.57 Å². The highest BCUT2D eigenvalue weighted by molar-refractivity contribution is 6.10. The van der Waals surface area contributed by atoms with Gasteiger partial charge in [-0.05, 0) is 122 Å². The molecule has 0 amide bonds. The molecule has 0 fully saturated rings. The third kappa shape index (κ3) is 5.40. The molecule has 10 aromatic rings. The summed E-state index contributed by atoms with van der Waals surface area (Å²) in [6.45, 7) is 4.69. The van der Waals surface area contributed by atoms with Crippen LogP contribution in [0.3, 0.4) is 0 Å². The van der Waals surface area contributed by atoms with Crippen molar-refractivity contribution in [2.24, 2.45) is 0 Å². The maximum atomic E-state index is 2.42. The number of fused-ring (bicyclic) bond motifs is 7. The van der Waals surface area contributed by atoms with E-state index in [1.165, 1.54) is 82.8 Å². The molecule has 1 aliphatic carbocycles. The van der Waals surface area contributed by atoms with Crippen molar-refractivity contribution in [2.45, 2.75) is 19.3 Å². The van der Waals surface area contributed by atoms with Gasteiger partial charge in [0.1, 0.15) is 0 Å². The van der Waals surface area contributed by atoms with Crippen molar-refractivity contribution in [1.29, 1.82) is 0 Å². The lowest BCUT2D eigenvalue weighted by Crippen LogP contribution is -2.16. The van der Waals surface area contributed by atoms with Crippen LogP contribution in [0.4, 0.5) is 17.1 Å². The molecule has 0 aliphatic heterocycles. The van der Waals surface area contributed by atoms with Crippen LogP contribution in [0.15, 0.2) is 206 Å². The van der Waals surface area contributed by atoms with Gasteiger partial charge in [0.05, 0.1) is 11.0 Å². The number of rotatable bonds is 6. The van der Waals surface area contributed by atoms with Crippen molar-refractivity contribution >= 4 is 49.6 Å². The number of hydrogen-bond acceptors (Lipinski definition) is 1. The second-order valence-electron chi connectivity index (χ2n) is 15.8. The monoisotopic (exact) mass is 728 g/mol. The van der Waals surface area contributed by atoms with Crippen LogP contribution in [-0.4, -0.2) is 4.57 Å². The van der Waals surface area contributed by atoms with E-state index in [9.17, 15) is 0 Å². The average molecular weight is 729 g/mol. The number of anilines is 3. The molecule has 9 aromatic carbocycles. The Labute approximate surface area is 333 Å². The zero-order valence-corrected chi connectivity index (χ0v) is 32.0. The largest absolute Gasteiger partial charge is 0.310 e. The summed E-state index contributed by atoms with van der Waals surface area (Å²) in [6.07, 6.45) is 0. The lowest BCUT2D eigenvalue weighted by atomic mass is 9.82. The maximum absolute atomic E-state index is 2.42. The summed E-state index contributed by atoms with van der Waals surface area (Å²) in [5, 5.41) is 5.01. The molecule has 2 heteroatoms. The van der Waals surface area contributed by atoms with Gasteiger partial charge in [0.2, 0.25) is 0 Å². The molecule has 1 aliphatic rings. The topological polar surface area (TPSA) is 8.17 Å². The van der Waals surface area contributed by atoms with E-state index in [0.717, 1.165) is 17.1 Å². The fraction of sp³-hybridized carbons (Fsp3) is 0.0545. The molecule has 11 rings (SSSR count). The molecule has 1 aromatic heterocycles. The molecular weight excluding hydrogens is 689 g/mol. The van der Waals surface area contributed by atoms with Gasteiger partial charge in [0.25, 0.3) is 0 Å². The fourth-order valence-electron chi connectivity index (χ4n) is 9.28. The number of hydrogen-bond donors (Lipinski definition) is 0. The zero-order valence-electron chi connectivity index (χ0n) is 32.0. The third-order valence-corrected chi connectivity index (χ3v) is 12.2. The molecule has 0 radical (unpaired) electrons. The van der Waals surface area contributed by atoms with Gasteiger partial charge in [0.15, 0.2) is 0 Å². The Kier molecular flexibility index (Phi) is 7.55. The van der Waals surface area contributed by atoms with Crippen molar-refractivity contribution in [3.05, 3.63) is 217 Å². The van der Waals surface area contributed by atoms with Crippen LogP contribution in [0, 0.1) is 0 Å². The summed E-state index contributed by atoms with van der Waals surface area (Å²) in [7, 11) is 0. The van der Waals surface area contributed by atoms with Crippen LogP contribution in [-0.2, 0) is 5.41 Å². The minimum absolute atomic E-state index is 0.0727. The molecule has 0 atom stereocenters. The Morgan fingerprint density at radius 2 is 1.00 bits per heavy atom. The van der Waals surface area contributed by atoms with E-state index in [1.807, 2.05) is 0 Å². The summed E-state index contributed by atoms with van der Waals surface area (Å²) in [6, 6.07) is 75.6. The normalized spacial score (nSPS) is 12.9. The highest BCUT2D eigenvalue weighted by Crippen LogP contribution is 2.50. The zero-order chi connectivity index (χ0) is 38.1. The van der Waals surface area contributed by atoms with Gasteiger partial charge in [-0.1, -0.05) is 153 Å². The molecule has 0 N–H and O–H groups in total. The van der Waals surface area contributed by atoms with Crippen molar-refractivity contribution in [3.8, 4) is 39.1 Å². The van der Waals surface area contributed by atoms with Gasteiger partial charge in [-0.25, -0.2) is 0 Å². The minimum atomic E-state index is -0.0727. The molecule has 270 valence electrons. The molecule has 0 unspecified atom stereocenters. The van der Waals surface area contributed by atoms with E-state index >= 15 is 0 Å². The molecule has 57 heavy (non-hydrogen) atoms. The van der Waals surface area contributed by atoms with Crippen LogP contribution >= 0.6 is 0 Å². The van der Waals surface area contributed by atoms with E-state index in [2.05, 4.69) is 230 Å². The molecule has 0 spiro atoms. The lowest BCUT2D eigenvalue weighted by molar-refractivity contribution is 0.660. The summed E-state index contributed by atoms with van der Waals surface area (Å²) in [5.74, 6) is 0. The molecule has 0 saturated carbocycles. The van der Waals surface area contributed by atoms with E-state index in [1.54, 1.807) is 0 Å². The van der Waals surface area contributed by atoms with Gasteiger partial charge >= 0.3 is 0 Å². The van der Waals surface area contributed by atoms with Crippen LogP contribution in [0.1, 0.15) is 25.0 Å². The number of nitrogens with zero attached hydrogens (tertiary/aromatic N) is 2. The third-order valence-electron chi connectivity index (χ3n) is 12.2. The highest BCUT2D eigenvalue weighted by atomic mass is 15.1. The average Bonchev–Trinajstić information content (AvgIpc) is 3.72. The first-order chi connectivity index (χ1) is 28.0. The molecule has 2 nitrogen and oxygen atoms in total. The maximum Gasteiger partial charge on any atom is 0.0547 e. The SMILES string of the molecule is CC1(C)c2ccccc2-c2ccc(N(c3ccccc3)c3ccc(-c4cccc(-c5ccc6c7ccccc7n(-c7ccc8ccccc8c7)c6c5)c4)cc3)cc21. The van der Waals surface area contributed by atoms with E-state index in [-0.39, 0.29) is 5.41 Å². The van der Waals surface area contributed by atoms with Crippen LogP contribution < -0.4 is 4.90 Å². The molecule has 1 heterocycles. The second-order valence-corrected chi connectivity index (χ2v) is 15.8. The van der Waals surface area contributed by atoms with Gasteiger partial charge in [-0.3, -0.25) is 0 Å². The summed E-state index contributed by atoms with van der Waals surface area (Å²) in [4.78, 5) is 2.38. The Morgan fingerprint density at radius 1 is 0.368 bits per heavy atom. The number of para-hydroxylation sites is 2. The quantitative estimate of drug-likeness (QED) is 0.165. The Morgan fingerprint density at radius 3 is 1.86 bits per heavy atom. The number of benzene rings is 9. The first-order valence-electron chi connectivity index (χ1n) is 19.8. The molecular formula is C55H40N2. The van der Waals surface area contributed by atoms with Gasteiger partial charge < -0.3 is 9.47 Å². The predicted molar refractivity (Wildman–Crippen MR) is 241 cm³/mol. The van der Waals surface area contributed by atoms with Gasteiger partial charge in [-0.15, -0.1) is 0 Å². The van der Waals surface area contributed by atoms with Gasteiger partial charge in [0, 0.05) is 38.9 Å². The Bertz CT molecular complexity index is 3150. The first-order valence-corrected chi connectivity index (χ1v) is 19.8. The minimum Gasteiger partial charge on any atom is -0.310 e. The Balaban J connectivity index is 0.964. The van der Waals surface area contributed by atoms with E-state index in [0.29, 0.717) is 0 Å². The highest BCUT2D eigenvalue weighted by Gasteiger charge is 2.35. The summed E-state index contributed by atoms with van der Waals surface area (Å²) >= 11 is 0. The van der Waals surface area contributed by atoms with Crippen molar-refractivity contribution < 1.29 is 0 Å². The summed E-state index contributed by atoms with van der Waals surface area (Å²) < 4.78 is 2.42. The molecule has 0 saturated heterocycles. The lowest BCUT2D eigenvalue weighted by Gasteiger charge is -2.28. The summed E-state index contributed by atoms with van der Waals surface area (Å²) in [5.41, 5.74) is 17.1. The number of aromatic nitrogens is 1. The van der Waals surface area contributed by atoms with Crippen LogP contribution in [0.5, 0.6) is 0 Å². The van der Waals surface area contributed by atoms with Gasteiger partial charge in [-0.2, -0.15) is 0 Å². The smallest absolute Gasteiger partial charge is 0.0547 e. The predicted octanol–water partition coefficient (Wildman–Crippen LogP) is 15.0. The van der Waals surface area contributed by atoms with E-state index in [4.69, 9.17) is 0 Å².